The van der Waals surface area contributed by atoms with Crippen LogP contribution >= 0.6 is 43.5 Å². The van der Waals surface area contributed by atoms with Crippen LogP contribution in [-0.4, -0.2) is 65.8 Å². The summed E-state index contributed by atoms with van der Waals surface area (Å²) in [6.07, 6.45) is 3.57. The number of halogens is 3. The van der Waals surface area contributed by atoms with Crippen molar-refractivity contribution in [2.45, 2.75) is 37.4 Å². The summed E-state index contributed by atoms with van der Waals surface area (Å²) in [4.78, 5) is 8.36. The summed E-state index contributed by atoms with van der Waals surface area (Å²) in [6.45, 7) is 4.29. The van der Waals surface area contributed by atoms with E-state index < -0.39 is 21.2 Å². The molecule has 0 bridgehead atoms. The molecule has 1 N–H and O–H groups in total. The Balaban J connectivity index is 1.82. The van der Waals surface area contributed by atoms with Crippen LogP contribution in [0.5, 0.6) is 11.5 Å². The van der Waals surface area contributed by atoms with Gasteiger partial charge in [0.15, 0.2) is 11.5 Å². The number of nitrogens with one attached hydrogen (secondary N) is 1. The molecule has 3 aromatic rings. The number of ether oxygens (including phenoxy) is 3. The summed E-state index contributed by atoms with van der Waals surface area (Å²) in [7, 11) is -0.967. The van der Waals surface area contributed by atoms with E-state index in [4.69, 9.17) is 25.8 Å². The van der Waals surface area contributed by atoms with Gasteiger partial charge < -0.3 is 14.2 Å². The number of hydrogen-bond acceptors (Lipinski definition) is 9. The molecule has 15 heteroatoms. The number of nitrogens with zero attached hydrogens (tertiary/aromatic N) is 5. The Hall–Kier alpha value is -2.00. The van der Waals surface area contributed by atoms with Crippen LogP contribution in [0.2, 0.25) is 5.02 Å². The van der Waals surface area contributed by atoms with Gasteiger partial charge in [-0.25, -0.2) is 18.4 Å². The van der Waals surface area contributed by atoms with Gasteiger partial charge in [-0.2, -0.15) is 0 Å². The number of hydrogen-bond donors (Lipinski definition) is 1. The lowest BCUT2D eigenvalue weighted by atomic mass is 10.1. The number of anilines is 1. The highest BCUT2D eigenvalue weighted by Crippen LogP contribution is 2.46. The zero-order chi connectivity index (χ0) is 26.9. The van der Waals surface area contributed by atoms with Gasteiger partial charge in [0.1, 0.15) is 17.3 Å². The smallest absolute Gasteiger partial charge is 0.243 e. The summed E-state index contributed by atoms with van der Waals surface area (Å²) in [5.74, 6) is 1.02. The highest BCUT2D eigenvalue weighted by atomic mass is 79.9. The van der Waals surface area contributed by atoms with Gasteiger partial charge in [0.25, 0.3) is 0 Å². The Morgan fingerprint density at radius 1 is 1.14 bits per heavy atom. The van der Waals surface area contributed by atoms with Crippen LogP contribution in [-0.2, 0) is 14.8 Å². The molecule has 0 amide bonds. The molecule has 0 spiro atoms. The Morgan fingerprint density at radius 2 is 1.76 bits per heavy atom. The molecule has 3 atom stereocenters. The molecule has 0 aliphatic carbocycles. The van der Waals surface area contributed by atoms with E-state index in [1.165, 1.54) is 26.6 Å². The number of methoxy groups -OCH3 is 2. The molecule has 2 aromatic heterocycles. The summed E-state index contributed by atoms with van der Waals surface area (Å²) >= 11 is 12.9. The van der Waals surface area contributed by atoms with Crippen molar-refractivity contribution in [2.75, 3.05) is 32.2 Å². The second-order valence-electron chi connectivity index (χ2n) is 8.43. The summed E-state index contributed by atoms with van der Waals surface area (Å²) in [5.41, 5.74) is 0.428. The zero-order valence-electron chi connectivity index (χ0n) is 20.4. The molecule has 1 aromatic carbocycles. The van der Waals surface area contributed by atoms with E-state index in [9.17, 15) is 8.42 Å². The average Bonchev–Trinajstić information content (AvgIpc) is 3.53. The third-order valence-electron chi connectivity index (χ3n) is 6.21. The fraction of sp³-hybridized carbons (Fsp3) is 0.455. The molecule has 3 heterocycles. The van der Waals surface area contributed by atoms with E-state index >= 15 is 0 Å². The lowest BCUT2D eigenvalue weighted by Crippen LogP contribution is -2.31. The SMILES string of the molecule is COc1c(Br)cc(Br)c(OC)c1-n1c(NS(=O)(=O)C(C)C(C)c2ncc(Cl)cn2)nnc1[C@H]1CCOC1. The van der Waals surface area contributed by atoms with Crippen LogP contribution < -0.4 is 14.2 Å². The monoisotopic (exact) mass is 678 g/mol. The lowest BCUT2D eigenvalue weighted by molar-refractivity contribution is 0.193. The normalized spacial score (nSPS) is 17.4. The van der Waals surface area contributed by atoms with Crippen molar-refractivity contribution in [1.29, 1.82) is 0 Å². The number of rotatable bonds is 9. The van der Waals surface area contributed by atoms with Crippen molar-refractivity contribution in [3.8, 4) is 17.2 Å². The highest BCUT2D eigenvalue weighted by molar-refractivity contribution is 9.11. The molecule has 0 radical (unpaired) electrons. The minimum absolute atomic E-state index is 0.0143. The van der Waals surface area contributed by atoms with Gasteiger partial charge in [0.2, 0.25) is 16.0 Å². The fourth-order valence-electron chi connectivity index (χ4n) is 4.00. The quantitative estimate of drug-likeness (QED) is 0.342. The third-order valence-corrected chi connectivity index (χ3v) is 9.43. The van der Waals surface area contributed by atoms with E-state index in [1.54, 1.807) is 24.5 Å². The highest BCUT2D eigenvalue weighted by Gasteiger charge is 2.35. The van der Waals surface area contributed by atoms with Gasteiger partial charge in [0.05, 0.1) is 40.0 Å². The number of sulfonamides is 1. The average molecular weight is 681 g/mol. The number of benzene rings is 1. The topological polar surface area (TPSA) is 130 Å². The van der Waals surface area contributed by atoms with E-state index in [-0.39, 0.29) is 11.9 Å². The first-order chi connectivity index (χ1) is 17.6. The van der Waals surface area contributed by atoms with Gasteiger partial charge in [-0.3, -0.25) is 9.29 Å². The van der Waals surface area contributed by atoms with Crippen LogP contribution in [0.15, 0.2) is 27.4 Å². The minimum Gasteiger partial charge on any atom is -0.493 e. The summed E-state index contributed by atoms with van der Waals surface area (Å²) in [5, 5.41) is 8.04. The van der Waals surface area contributed by atoms with Crippen LogP contribution in [0.1, 0.15) is 43.8 Å². The van der Waals surface area contributed by atoms with Crippen molar-refractivity contribution >= 4 is 59.4 Å². The molecular formula is C22H25Br2ClN6O5S. The number of aromatic nitrogens is 5. The van der Waals surface area contributed by atoms with Gasteiger partial charge in [-0.1, -0.05) is 18.5 Å². The molecule has 0 saturated carbocycles. The van der Waals surface area contributed by atoms with Crippen molar-refractivity contribution in [1.82, 2.24) is 24.7 Å². The molecule has 1 aliphatic rings. The first-order valence-corrected chi connectivity index (χ1v) is 14.7. The summed E-state index contributed by atoms with van der Waals surface area (Å²) in [6, 6.07) is 1.78. The predicted octanol–water partition coefficient (Wildman–Crippen LogP) is 4.69. The Morgan fingerprint density at radius 3 is 2.30 bits per heavy atom. The molecule has 4 rings (SSSR count). The maximum atomic E-state index is 13.6. The molecular weight excluding hydrogens is 656 g/mol. The van der Waals surface area contributed by atoms with E-state index in [0.717, 1.165) is 0 Å². The van der Waals surface area contributed by atoms with Gasteiger partial charge in [-0.15, -0.1) is 10.2 Å². The Bertz CT molecular complexity index is 1350. The van der Waals surface area contributed by atoms with Crippen LogP contribution in [0.4, 0.5) is 5.95 Å². The van der Waals surface area contributed by atoms with Crippen LogP contribution in [0.25, 0.3) is 5.69 Å². The predicted molar refractivity (Wildman–Crippen MR) is 146 cm³/mol. The van der Waals surface area contributed by atoms with E-state index in [2.05, 4.69) is 56.7 Å². The Labute approximate surface area is 236 Å². The molecule has 200 valence electrons. The molecule has 11 nitrogen and oxygen atoms in total. The van der Waals surface area contributed by atoms with E-state index in [1.807, 2.05) is 0 Å². The van der Waals surface area contributed by atoms with Crippen LogP contribution in [0.3, 0.4) is 0 Å². The van der Waals surface area contributed by atoms with Gasteiger partial charge in [-0.05, 0) is 51.3 Å². The molecule has 1 fully saturated rings. The summed E-state index contributed by atoms with van der Waals surface area (Å²) < 4.78 is 49.6. The Kier molecular flexibility index (Phi) is 8.63. The molecule has 1 aliphatic heterocycles. The third kappa shape index (κ3) is 5.58. The largest absolute Gasteiger partial charge is 0.493 e. The molecule has 37 heavy (non-hydrogen) atoms. The maximum absolute atomic E-state index is 13.6. The minimum atomic E-state index is -3.99. The van der Waals surface area contributed by atoms with Crippen molar-refractivity contribution in [2.24, 2.45) is 0 Å². The fourth-order valence-corrected chi connectivity index (χ4v) is 6.80. The second-order valence-corrected chi connectivity index (χ2v) is 12.6. The molecule has 2 unspecified atom stereocenters. The van der Waals surface area contributed by atoms with Crippen molar-refractivity contribution in [3.63, 3.8) is 0 Å². The van der Waals surface area contributed by atoms with Gasteiger partial charge in [0, 0.05) is 30.8 Å². The first-order valence-electron chi connectivity index (χ1n) is 11.2. The maximum Gasteiger partial charge on any atom is 0.243 e. The zero-order valence-corrected chi connectivity index (χ0v) is 25.1. The first kappa shape index (κ1) is 28.0. The lowest BCUT2D eigenvalue weighted by Gasteiger charge is -2.23. The molecule has 1 saturated heterocycles. The standard InChI is InChI=1S/C22H25Br2ClN6O5S/c1-11(20-26-8-14(25)9-27-20)12(2)37(32,33)30-22-29-28-21(13-5-6-36-10-13)31(22)17-18(34-3)15(23)7-16(24)19(17)35-4/h7-9,11-13H,5-6,10H2,1-4H3,(H,29,30)/t11?,12?,13-/m0/s1. The van der Waals surface area contributed by atoms with Crippen LogP contribution in [0, 0.1) is 0 Å². The van der Waals surface area contributed by atoms with Gasteiger partial charge >= 0.3 is 0 Å². The van der Waals surface area contributed by atoms with Crippen molar-refractivity contribution < 1.29 is 22.6 Å². The second kappa shape index (κ2) is 11.4. The van der Waals surface area contributed by atoms with E-state index in [0.29, 0.717) is 62.4 Å². The van der Waals surface area contributed by atoms with Crippen molar-refractivity contribution in [3.05, 3.63) is 44.1 Å².